The van der Waals surface area contributed by atoms with Crippen LogP contribution in [0.4, 0.5) is 0 Å². The summed E-state index contributed by atoms with van der Waals surface area (Å²) in [7, 11) is -0.144. The van der Waals surface area contributed by atoms with Gasteiger partial charge in [-0.3, -0.25) is 0 Å². The Morgan fingerprint density at radius 2 is 0.962 bits per heavy atom. The first-order valence-corrected chi connectivity index (χ1v) is 21.9. The Labute approximate surface area is 183 Å². The molecule has 2 aliphatic rings. The molecule has 0 aromatic rings. The molecule has 2 rings (SSSR count). The Morgan fingerprint density at radius 1 is 0.654 bits per heavy atom. The molecule has 144 valence electrons. The molecule has 0 amide bonds. The maximum atomic E-state index is 12.4. The predicted molar refractivity (Wildman–Crippen MR) is 115 cm³/mol. The fourth-order valence-corrected chi connectivity index (χ4v) is 29.7. The topological polar surface area (TPSA) is 52.6 Å². The van der Waals surface area contributed by atoms with Gasteiger partial charge < -0.3 is 0 Å². The van der Waals surface area contributed by atoms with E-state index in [1.807, 2.05) is 0 Å². The zero-order chi connectivity index (χ0) is 19.9. The minimum absolute atomic E-state index is 0.0671. The van der Waals surface area contributed by atoms with E-state index in [0.717, 1.165) is 8.94 Å². The molecule has 0 aromatic heterocycles. The van der Waals surface area contributed by atoms with Crippen molar-refractivity contribution in [2.45, 2.75) is 39.3 Å². The van der Waals surface area contributed by atoms with Gasteiger partial charge in [-0.25, -0.2) is 0 Å². The van der Waals surface area contributed by atoms with Gasteiger partial charge in [0.05, 0.1) is 0 Å². The second-order valence-electron chi connectivity index (χ2n) is 7.78. The van der Waals surface area contributed by atoms with Crippen molar-refractivity contribution in [1.29, 1.82) is 0 Å². The molecule has 0 aliphatic carbocycles. The number of carbonyl (C=O) groups is 2. The van der Waals surface area contributed by atoms with Crippen LogP contribution < -0.4 is 0 Å². The number of ether oxygens (including phenoxy) is 2. The zero-order valence-electron chi connectivity index (χ0n) is 16.3. The van der Waals surface area contributed by atoms with E-state index in [4.69, 9.17) is 9.47 Å². The second-order valence-corrected chi connectivity index (χ2v) is 30.6. The van der Waals surface area contributed by atoms with Crippen LogP contribution in [0.2, 0.25) is 39.3 Å². The average molecular weight is 652 g/mol. The summed E-state index contributed by atoms with van der Waals surface area (Å²) in [6.45, 7) is 13.9. The van der Waals surface area contributed by atoms with Gasteiger partial charge in [0.1, 0.15) is 0 Å². The summed E-state index contributed by atoms with van der Waals surface area (Å²) < 4.78 is 17.9. The van der Waals surface area contributed by atoms with Crippen molar-refractivity contribution in [1.82, 2.24) is 0 Å². The molecule has 26 heavy (non-hydrogen) atoms. The molecule has 0 unspecified atom stereocenters. The van der Waals surface area contributed by atoms with Crippen molar-refractivity contribution < 1.29 is 19.1 Å². The standard InChI is InChI=1S/C16H24O4Se4Si2/c1-19-11(17)9-15(25(3,4)5)23-13(21-9)14-22-10(12(18)20-2)16(24-14)26(6,7)8/h1-8H3/b14-13-. The first kappa shape index (κ1) is 23.0. The fraction of sp³-hybridized carbons (Fsp3) is 0.500. The van der Waals surface area contributed by atoms with Crippen molar-refractivity contribution in [3.05, 3.63) is 23.9 Å². The zero-order valence-corrected chi connectivity index (χ0v) is 25.1. The van der Waals surface area contributed by atoms with Crippen molar-refractivity contribution in [2.24, 2.45) is 0 Å². The van der Waals surface area contributed by atoms with Crippen LogP contribution in [0.1, 0.15) is 0 Å². The fourth-order valence-electron chi connectivity index (χ4n) is 2.21. The number of esters is 2. The van der Waals surface area contributed by atoms with Crippen LogP contribution in [-0.4, -0.2) is 102 Å². The van der Waals surface area contributed by atoms with Crippen molar-refractivity contribution in [3.8, 4) is 0 Å². The molecule has 10 heteroatoms. The van der Waals surface area contributed by atoms with Crippen LogP contribution in [0.25, 0.3) is 0 Å². The summed E-state index contributed by atoms with van der Waals surface area (Å²) in [6, 6.07) is 0. The van der Waals surface area contributed by atoms with E-state index in [9.17, 15) is 9.59 Å². The quantitative estimate of drug-likeness (QED) is 0.342. The second kappa shape index (κ2) is 8.58. The molecule has 0 saturated heterocycles. The van der Waals surface area contributed by atoms with E-state index in [1.54, 1.807) is 0 Å². The van der Waals surface area contributed by atoms with Crippen LogP contribution in [0.5, 0.6) is 0 Å². The van der Waals surface area contributed by atoms with Gasteiger partial charge >= 0.3 is 184 Å². The first-order chi connectivity index (χ1) is 11.9. The average Bonchev–Trinajstić information content (AvgIpc) is 3.16. The van der Waals surface area contributed by atoms with Gasteiger partial charge in [-0.2, -0.15) is 0 Å². The van der Waals surface area contributed by atoms with Gasteiger partial charge in [-0.1, -0.05) is 0 Å². The number of methoxy groups -OCH3 is 2. The molecular weight excluding hydrogens is 628 g/mol. The SMILES string of the molecule is COC(=O)C1=C([Si](C)(C)C)[Se]/C(=C2/[Se]C(C(=O)OC)=C([Si](C)(C)C)[Se]2)[Se]1. The number of hydrogen-bond acceptors (Lipinski definition) is 4. The molecule has 0 spiro atoms. The van der Waals surface area contributed by atoms with E-state index >= 15 is 0 Å². The van der Waals surface area contributed by atoms with Crippen LogP contribution in [0.3, 0.4) is 0 Å². The van der Waals surface area contributed by atoms with Crippen LogP contribution in [-0.2, 0) is 19.1 Å². The van der Waals surface area contributed by atoms with E-state index in [-0.39, 0.29) is 71.8 Å². The van der Waals surface area contributed by atoms with Crippen LogP contribution >= 0.6 is 0 Å². The number of hydrogen-bond donors (Lipinski definition) is 0. The van der Waals surface area contributed by atoms with E-state index < -0.39 is 16.1 Å². The molecule has 0 aromatic carbocycles. The van der Waals surface area contributed by atoms with Crippen LogP contribution in [0, 0.1) is 0 Å². The van der Waals surface area contributed by atoms with Gasteiger partial charge in [0.15, 0.2) is 0 Å². The summed E-state index contributed by atoms with van der Waals surface area (Å²) in [5.74, 6) is -0.270. The van der Waals surface area contributed by atoms with Crippen molar-refractivity contribution in [3.63, 3.8) is 0 Å². The monoisotopic (exact) mass is 656 g/mol. The van der Waals surface area contributed by atoms with Crippen LogP contribution in [0.15, 0.2) is 23.9 Å². The Morgan fingerprint density at radius 3 is 1.19 bits per heavy atom. The van der Waals surface area contributed by atoms with Crippen molar-refractivity contribution >= 4 is 87.9 Å². The first-order valence-electron chi connectivity index (χ1n) is 8.02. The van der Waals surface area contributed by atoms with Crippen molar-refractivity contribution in [2.75, 3.05) is 14.2 Å². The molecule has 0 N–H and O–H groups in total. The molecule has 0 atom stereocenters. The molecule has 0 saturated carbocycles. The maximum absolute atomic E-state index is 12.4. The Kier molecular flexibility index (Phi) is 7.58. The number of rotatable bonds is 4. The number of carbonyl (C=O) groups excluding carboxylic acids is 2. The van der Waals surface area contributed by atoms with Gasteiger partial charge in [0, 0.05) is 0 Å². The van der Waals surface area contributed by atoms with E-state index in [1.165, 1.54) is 29.1 Å². The molecule has 4 nitrogen and oxygen atoms in total. The molecule has 2 heterocycles. The molecule has 0 bridgehead atoms. The van der Waals surface area contributed by atoms with Gasteiger partial charge in [-0.15, -0.1) is 0 Å². The Bertz CT molecular complexity index is 680. The molecular formula is C16H24O4Se4Si2. The third-order valence-electron chi connectivity index (χ3n) is 3.46. The molecule has 2 aliphatic heterocycles. The van der Waals surface area contributed by atoms with E-state index in [2.05, 4.69) is 39.3 Å². The third kappa shape index (κ3) is 4.98. The summed E-state index contributed by atoms with van der Waals surface area (Å²) in [5, 5.41) is 0. The summed E-state index contributed by atoms with van der Waals surface area (Å²) in [6.07, 6.45) is 0. The minimum atomic E-state index is -1.55. The summed E-state index contributed by atoms with van der Waals surface area (Å²) in [5.41, 5.74) is 0. The Hall–Kier alpha value is 0.672. The summed E-state index contributed by atoms with van der Waals surface area (Å²) >= 11 is 0.640. The molecule has 0 fully saturated rings. The van der Waals surface area contributed by atoms with E-state index in [0.29, 0.717) is 0 Å². The predicted octanol–water partition coefficient (Wildman–Crippen LogP) is 1.48. The third-order valence-corrected chi connectivity index (χ3v) is 31.2. The van der Waals surface area contributed by atoms with Gasteiger partial charge in [0.2, 0.25) is 0 Å². The summed E-state index contributed by atoms with van der Waals surface area (Å²) in [4.78, 5) is 24.7. The van der Waals surface area contributed by atoms with Gasteiger partial charge in [-0.05, 0) is 0 Å². The van der Waals surface area contributed by atoms with Gasteiger partial charge in [0.25, 0.3) is 0 Å². The Balaban J connectivity index is 2.40. The molecule has 0 radical (unpaired) electrons. The normalized spacial score (nSPS) is 21.5.